The second-order valence-electron chi connectivity index (χ2n) is 5.24. The Labute approximate surface area is 113 Å². The third-order valence-corrected chi connectivity index (χ3v) is 3.62. The van der Waals surface area contributed by atoms with E-state index in [1.165, 1.54) is 12.1 Å². The zero-order chi connectivity index (χ0) is 13.7. The first-order valence-electron chi connectivity index (χ1n) is 6.90. The Kier molecular flexibility index (Phi) is 4.91. The van der Waals surface area contributed by atoms with Crippen molar-refractivity contribution in [2.24, 2.45) is 5.92 Å². The highest BCUT2D eigenvalue weighted by molar-refractivity contribution is 5.78. The summed E-state index contributed by atoms with van der Waals surface area (Å²) in [6.45, 7) is 3.64. The SMILES string of the molecule is C[C@H]1C[C@@H](C(=O)NCCc2ccc(F)cc2)CCN1. The predicted molar refractivity (Wildman–Crippen MR) is 73.3 cm³/mol. The van der Waals surface area contributed by atoms with Crippen LogP contribution >= 0.6 is 0 Å². The van der Waals surface area contributed by atoms with Crippen molar-refractivity contribution in [3.8, 4) is 0 Å². The summed E-state index contributed by atoms with van der Waals surface area (Å²) in [5.41, 5.74) is 1.04. The molecule has 0 bridgehead atoms. The molecule has 0 saturated carbocycles. The topological polar surface area (TPSA) is 41.1 Å². The molecule has 0 unspecified atom stereocenters. The number of carbonyl (C=O) groups excluding carboxylic acids is 1. The molecule has 3 nitrogen and oxygen atoms in total. The van der Waals surface area contributed by atoms with Crippen LogP contribution in [0, 0.1) is 11.7 Å². The fourth-order valence-corrected chi connectivity index (χ4v) is 2.50. The number of amides is 1. The molecule has 2 rings (SSSR count). The highest BCUT2D eigenvalue weighted by Gasteiger charge is 2.24. The minimum atomic E-state index is -0.225. The second-order valence-corrected chi connectivity index (χ2v) is 5.24. The van der Waals surface area contributed by atoms with Gasteiger partial charge < -0.3 is 10.6 Å². The van der Waals surface area contributed by atoms with Crippen molar-refractivity contribution < 1.29 is 9.18 Å². The van der Waals surface area contributed by atoms with E-state index in [0.29, 0.717) is 12.6 Å². The molecule has 2 N–H and O–H groups in total. The van der Waals surface area contributed by atoms with Gasteiger partial charge in [0.1, 0.15) is 5.82 Å². The molecule has 1 saturated heterocycles. The van der Waals surface area contributed by atoms with Crippen LogP contribution in [-0.2, 0) is 11.2 Å². The fourth-order valence-electron chi connectivity index (χ4n) is 2.50. The molecule has 4 heteroatoms. The first-order chi connectivity index (χ1) is 9.15. The van der Waals surface area contributed by atoms with Crippen molar-refractivity contribution in [3.05, 3.63) is 35.6 Å². The number of hydrogen-bond acceptors (Lipinski definition) is 2. The van der Waals surface area contributed by atoms with E-state index in [1.807, 2.05) is 0 Å². The van der Waals surface area contributed by atoms with E-state index in [2.05, 4.69) is 17.6 Å². The van der Waals surface area contributed by atoms with Gasteiger partial charge in [0.2, 0.25) is 5.91 Å². The lowest BCUT2D eigenvalue weighted by atomic mass is 9.92. The Morgan fingerprint density at radius 1 is 1.42 bits per heavy atom. The van der Waals surface area contributed by atoms with Gasteiger partial charge in [-0.3, -0.25) is 4.79 Å². The third-order valence-electron chi connectivity index (χ3n) is 3.62. The van der Waals surface area contributed by atoms with Crippen molar-refractivity contribution in [1.82, 2.24) is 10.6 Å². The maximum atomic E-state index is 12.7. The highest BCUT2D eigenvalue weighted by atomic mass is 19.1. The molecule has 0 radical (unpaired) electrons. The Hall–Kier alpha value is -1.42. The monoisotopic (exact) mass is 264 g/mol. The first-order valence-corrected chi connectivity index (χ1v) is 6.90. The van der Waals surface area contributed by atoms with E-state index < -0.39 is 0 Å². The van der Waals surface area contributed by atoms with Gasteiger partial charge in [0.25, 0.3) is 0 Å². The molecular formula is C15H21FN2O. The van der Waals surface area contributed by atoms with Crippen LogP contribution in [0.5, 0.6) is 0 Å². The van der Waals surface area contributed by atoms with Crippen LogP contribution in [0.4, 0.5) is 4.39 Å². The van der Waals surface area contributed by atoms with E-state index in [4.69, 9.17) is 0 Å². The molecule has 1 amide bonds. The van der Waals surface area contributed by atoms with Crippen LogP contribution in [0.2, 0.25) is 0 Å². The maximum absolute atomic E-state index is 12.7. The Morgan fingerprint density at radius 2 is 2.16 bits per heavy atom. The molecule has 1 aliphatic rings. The number of hydrogen-bond donors (Lipinski definition) is 2. The van der Waals surface area contributed by atoms with Crippen LogP contribution in [0.3, 0.4) is 0 Å². The van der Waals surface area contributed by atoms with Crippen LogP contribution < -0.4 is 10.6 Å². The van der Waals surface area contributed by atoms with Crippen LogP contribution in [0.1, 0.15) is 25.3 Å². The molecule has 19 heavy (non-hydrogen) atoms. The Morgan fingerprint density at radius 3 is 2.84 bits per heavy atom. The Balaban J connectivity index is 1.73. The zero-order valence-corrected chi connectivity index (χ0v) is 11.3. The van der Waals surface area contributed by atoms with Crippen LogP contribution in [0.25, 0.3) is 0 Å². The summed E-state index contributed by atoms with van der Waals surface area (Å²) in [5.74, 6) is 0.0522. The predicted octanol–water partition coefficient (Wildman–Crippen LogP) is 1.87. The summed E-state index contributed by atoms with van der Waals surface area (Å²) < 4.78 is 12.7. The summed E-state index contributed by atoms with van der Waals surface area (Å²) in [7, 11) is 0. The maximum Gasteiger partial charge on any atom is 0.223 e. The molecule has 1 heterocycles. The molecule has 0 aromatic heterocycles. The number of carbonyl (C=O) groups is 1. The normalized spacial score (nSPS) is 23.1. The molecule has 1 aromatic carbocycles. The zero-order valence-electron chi connectivity index (χ0n) is 11.3. The van der Waals surface area contributed by atoms with Crippen molar-refractivity contribution in [2.45, 2.75) is 32.2 Å². The summed E-state index contributed by atoms with van der Waals surface area (Å²) >= 11 is 0. The largest absolute Gasteiger partial charge is 0.356 e. The summed E-state index contributed by atoms with van der Waals surface area (Å²) in [5, 5.41) is 6.31. The average molecular weight is 264 g/mol. The van der Waals surface area contributed by atoms with Gasteiger partial charge in [0.05, 0.1) is 0 Å². The summed E-state index contributed by atoms with van der Waals surface area (Å²) in [6.07, 6.45) is 2.56. The molecule has 1 aliphatic heterocycles. The number of halogens is 1. The molecule has 0 spiro atoms. The van der Waals surface area contributed by atoms with Crippen LogP contribution in [-0.4, -0.2) is 25.0 Å². The quantitative estimate of drug-likeness (QED) is 0.871. The minimum Gasteiger partial charge on any atom is -0.356 e. The van der Waals surface area contributed by atoms with Crippen molar-refractivity contribution in [3.63, 3.8) is 0 Å². The van der Waals surface area contributed by atoms with Gasteiger partial charge in [-0.2, -0.15) is 0 Å². The van der Waals surface area contributed by atoms with Crippen LogP contribution in [0.15, 0.2) is 24.3 Å². The molecule has 104 valence electrons. The number of benzene rings is 1. The van der Waals surface area contributed by atoms with Gasteiger partial charge in [-0.1, -0.05) is 12.1 Å². The Bertz CT molecular complexity index is 419. The van der Waals surface area contributed by atoms with Crippen molar-refractivity contribution in [2.75, 3.05) is 13.1 Å². The number of nitrogens with one attached hydrogen (secondary N) is 2. The van der Waals surface area contributed by atoms with Crippen molar-refractivity contribution in [1.29, 1.82) is 0 Å². The fraction of sp³-hybridized carbons (Fsp3) is 0.533. The van der Waals surface area contributed by atoms with E-state index in [1.54, 1.807) is 12.1 Å². The van der Waals surface area contributed by atoms with Gasteiger partial charge in [-0.05, 0) is 50.4 Å². The van der Waals surface area contributed by atoms with E-state index in [9.17, 15) is 9.18 Å². The molecule has 2 atom stereocenters. The molecular weight excluding hydrogens is 243 g/mol. The summed E-state index contributed by atoms with van der Waals surface area (Å²) in [4.78, 5) is 12.0. The highest BCUT2D eigenvalue weighted by Crippen LogP contribution is 2.15. The van der Waals surface area contributed by atoms with Gasteiger partial charge in [-0.15, -0.1) is 0 Å². The lowest BCUT2D eigenvalue weighted by molar-refractivity contribution is -0.126. The average Bonchev–Trinajstić information content (AvgIpc) is 2.41. The van der Waals surface area contributed by atoms with Gasteiger partial charge in [-0.25, -0.2) is 4.39 Å². The van der Waals surface area contributed by atoms with E-state index in [-0.39, 0.29) is 17.6 Å². The third kappa shape index (κ3) is 4.31. The van der Waals surface area contributed by atoms with Gasteiger partial charge >= 0.3 is 0 Å². The van der Waals surface area contributed by atoms with E-state index >= 15 is 0 Å². The number of piperidine rings is 1. The van der Waals surface area contributed by atoms with Gasteiger partial charge in [0.15, 0.2) is 0 Å². The van der Waals surface area contributed by atoms with E-state index in [0.717, 1.165) is 31.4 Å². The standard InChI is InChI=1S/C15H21FN2O/c1-11-10-13(7-9-17-11)15(19)18-8-6-12-2-4-14(16)5-3-12/h2-5,11,13,17H,6-10H2,1H3,(H,18,19)/t11-,13-/m0/s1. The lowest BCUT2D eigenvalue weighted by Crippen LogP contribution is -2.42. The minimum absolute atomic E-state index is 0.129. The molecule has 0 aliphatic carbocycles. The number of rotatable bonds is 4. The summed E-state index contributed by atoms with van der Waals surface area (Å²) in [6, 6.07) is 6.83. The van der Waals surface area contributed by atoms with Crippen molar-refractivity contribution >= 4 is 5.91 Å². The first kappa shape index (κ1) is 14.0. The molecule has 1 aromatic rings. The van der Waals surface area contributed by atoms with Gasteiger partial charge in [0, 0.05) is 18.5 Å². The molecule has 1 fully saturated rings. The smallest absolute Gasteiger partial charge is 0.223 e. The second kappa shape index (κ2) is 6.66. The lowest BCUT2D eigenvalue weighted by Gasteiger charge is -2.27.